The van der Waals surface area contributed by atoms with Gasteiger partial charge in [-0.15, -0.1) is 16.4 Å². The lowest BCUT2D eigenvalue weighted by atomic mass is 9.98. The molecule has 0 aliphatic rings. The Morgan fingerprint density at radius 1 is 1.25 bits per heavy atom. The van der Waals surface area contributed by atoms with Gasteiger partial charge in [0.15, 0.2) is 0 Å². The van der Waals surface area contributed by atoms with Crippen molar-refractivity contribution in [2.75, 3.05) is 11.9 Å². The molecule has 1 N–H and O–H groups in total. The quantitative estimate of drug-likeness (QED) is 0.754. The second-order valence-corrected chi connectivity index (χ2v) is 8.43. The molecule has 0 unspecified atom stereocenters. The van der Waals surface area contributed by atoms with E-state index in [4.69, 9.17) is 0 Å². The number of nitrogens with one attached hydrogen (secondary N) is 1. The van der Waals surface area contributed by atoms with Crippen molar-refractivity contribution in [2.45, 2.75) is 46.0 Å². The van der Waals surface area contributed by atoms with Crippen LogP contribution in [0.2, 0.25) is 0 Å². The van der Waals surface area contributed by atoms with Gasteiger partial charge in [0.1, 0.15) is 0 Å². The zero-order valence-corrected chi connectivity index (χ0v) is 15.9. The molecule has 128 valence electrons. The van der Waals surface area contributed by atoms with Crippen molar-refractivity contribution in [1.82, 2.24) is 19.6 Å². The molecule has 0 fully saturated rings. The molecule has 8 heteroatoms. The molecule has 0 saturated carbocycles. The Kier molecular flexibility index (Phi) is 4.69. The van der Waals surface area contributed by atoms with Crippen molar-refractivity contribution in [2.24, 2.45) is 0 Å². The van der Waals surface area contributed by atoms with Crippen molar-refractivity contribution >= 4 is 32.8 Å². The molecule has 24 heavy (non-hydrogen) atoms. The lowest BCUT2D eigenvalue weighted by Crippen LogP contribution is -2.15. The number of aryl methyl sites for hydroxylation is 1. The molecule has 3 heterocycles. The third-order valence-corrected chi connectivity index (χ3v) is 5.69. The van der Waals surface area contributed by atoms with E-state index in [0.717, 1.165) is 35.8 Å². The first kappa shape index (κ1) is 17.0. The summed E-state index contributed by atoms with van der Waals surface area (Å²) in [4.78, 5) is 21.8. The molecule has 0 amide bonds. The summed E-state index contributed by atoms with van der Waals surface area (Å²) in [6.07, 6.45) is 1.57. The van der Waals surface area contributed by atoms with Crippen LogP contribution in [-0.4, -0.2) is 26.1 Å². The first-order chi connectivity index (χ1) is 11.4. The first-order valence-corrected chi connectivity index (χ1v) is 9.65. The number of anilines is 1. The Hall–Kier alpha value is -1.80. The maximum Gasteiger partial charge on any atom is 0.275 e. The predicted molar refractivity (Wildman–Crippen MR) is 99.5 cm³/mol. The Morgan fingerprint density at radius 3 is 2.71 bits per heavy atom. The van der Waals surface area contributed by atoms with Gasteiger partial charge in [0.2, 0.25) is 10.1 Å². The lowest BCUT2D eigenvalue weighted by Gasteiger charge is -2.13. The van der Waals surface area contributed by atoms with Crippen molar-refractivity contribution in [1.29, 1.82) is 0 Å². The van der Waals surface area contributed by atoms with Crippen LogP contribution in [0.25, 0.3) is 4.96 Å². The Balaban J connectivity index is 1.67. The van der Waals surface area contributed by atoms with Gasteiger partial charge in [-0.1, -0.05) is 39.0 Å². The van der Waals surface area contributed by atoms with Crippen LogP contribution in [0, 0.1) is 0 Å². The van der Waals surface area contributed by atoms with Gasteiger partial charge in [-0.2, -0.15) is 4.52 Å². The second kappa shape index (κ2) is 6.60. The SMILES string of the molecule is CCc1cc(=O)n2nc(NCCc3csc(C(C)(C)C)n3)sc2n1. The summed E-state index contributed by atoms with van der Waals surface area (Å²) in [5.41, 5.74) is 1.85. The Labute approximate surface area is 148 Å². The molecule has 3 rings (SSSR count). The van der Waals surface area contributed by atoms with E-state index in [1.807, 2.05) is 6.92 Å². The fraction of sp³-hybridized carbons (Fsp3) is 0.500. The third kappa shape index (κ3) is 3.64. The normalized spacial score (nSPS) is 12.0. The van der Waals surface area contributed by atoms with E-state index in [0.29, 0.717) is 10.1 Å². The zero-order valence-electron chi connectivity index (χ0n) is 14.3. The molecular formula is C16H21N5OS2. The van der Waals surface area contributed by atoms with Gasteiger partial charge in [0.05, 0.1) is 10.7 Å². The predicted octanol–water partition coefficient (Wildman–Crippen LogP) is 3.12. The highest BCUT2D eigenvalue weighted by Gasteiger charge is 2.17. The number of hydrogen-bond acceptors (Lipinski definition) is 7. The summed E-state index contributed by atoms with van der Waals surface area (Å²) in [5, 5.41) is 11.5. The van der Waals surface area contributed by atoms with Crippen LogP contribution in [0.4, 0.5) is 5.13 Å². The van der Waals surface area contributed by atoms with E-state index in [9.17, 15) is 4.79 Å². The van der Waals surface area contributed by atoms with E-state index in [-0.39, 0.29) is 11.0 Å². The largest absolute Gasteiger partial charge is 0.360 e. The minimum absolute atomic E-state index is 0.0905. The smallest absolute Gasteiger partial charge is 0.275 e. The summed E-state index contributed by atoms with van der Waals surface area (Å²) in [7, 11) is 0. The summed E-state index contributed by atoms with van der Waals surface area (Å²) < 4.78 is 1.35. The molecule has 0 bridgehead atoms. The van der Waals surface area contributed by atoms with E-state index in [1.54, 1.807) is 17.4 Å². The average Bonchev–Trinajstić information content (AvgIpc) is 3.13. The van der Waals surface area contributed by atoms with Gasteiger partial charge in [-0.05, 0) is 6.42 Å². The van der Waals surface area contributed by atoms with Crippen LogP contribution in [0.5, 0.6) is 0 Å². The molecule has 0 radical (unpaired) electrons. The van der Waals surface area contributed by atoms with Crippen LogP contribution >= 0.6 is 22.7 Å². The van der Waals surface area contributed by atoms with Crippen molar-refractivity contribution < 1.29 is 0 Å². The molecule has 6 nitrogen and oxygen atoms in total. The highest BCUT2D eigenvalue weighted by Crippen LogP contribution is 2.25. The number of aromatic nitrogens is 4. The van der Waals surface area contributed by atoms with Gasteiger partial charge >= 0.3 is 0 Å². The first-order valence-electron chi connectivity index (χ1n) is 7.95. The van der Waals surface area contributed by atoms with Crippen LogP contribution < -0.4 is 10.9 Å². The minimum atomic E-state index is -0.129. The number of fused-ring (bicyclic) bond motifs is 1. The molecule has 0 spiro atoms. The molecule has 3 aromatic heterocycles. The minimum Gasteiger partial charge on any atom is -0.360 e. The highest BCUT2D eigenvalue weighted by atomic mass is 32.1. The number of rotatable bonds is 5. The van der Waals surface area contributed by atoms with E-state index in [1.165, 1.54) is 15.9 Å². The van der Waals surface area contributed by atoms with Gasteiger partial charge < -0.3 is 5.32 Å². The fourth-order valence-electron chi connectivity index (χ4n) is 2.17. The third-order valence-electron chi connectivity index (χ3n) is 3.51. The number of nitrogens with zero attached hydrogens (tertiary/aromatic N) is 4. The van der Waals surface area contributed by atoms with Gasteiger partial charge in [-0.25, -0.2) is 9.97 Å². The van der Waals surface area contributed by atoms with E-state index in [2.05, 4.69) is 46.5 Å². The Morgan fingerprint density at radius 2 is 2.04 bits per heavy atom. The van der Waals surface area contributed by atoms with Crippen molar-refractivity contribution in [3.63, 3.8) is 0 Å². The molecular weight excluding hydrogens is 342 g/mol. The van der Waals surface area contributed by atoms with Crippen LogP contribution in [0.3, 0.4) is 0 Å². The number of hydrogen-bond donors (Lipinski definition) is 1. The average molecular weight is 364 g/mol. The Bertz CT molecular complexity index is 903. The van der Waals surface area contributed by atoms with Crippen molar-refractivity contribution in [3.8, 4) is 0 Å². The second-order valence-electron chi connectivity index (χ2n) is 6.61. The van der Waals surface area contributed by atoms with Gasteiger partial charge in [0.25, 0.3) is 5.56 Å². The van der Waals surface area contributed by atoms with Gasteiger partial charge in [0, 0.05) is 35.5 Å². The van der Waals surface area contributed by atoms with Crippen LogP contribution in [-0.2, 0) is 18.3 Å². The van der Waals surface area contributed by atoms with Crippen molar-refractivity contribution in [3.05, 3.63) is 38.2 Å². The summed E-state index contributed by atoms with van der Waals surface area (Å²) in [5.74, 6) is 0. The molecule has 0 aliphatic heterocycles. The monoisotopic (exact) mass is 363 g/mol. The lowest BCUT2D eigenvalue weighted by molar-refractivity contribution is 0.583. The zero-order chi connectivity index (χ0) is 17.3. The molecule has 0 aliphatic carbocycles. The van der Waals surface area contributed by atoms with Crippen LogP contribution in [0.1, 0.15) is 44.1 Å². The molecule has 0 saturated heterocycles. The maximum atomic E-state index is 12.0. The van der Waals surface area contributed by atoms with E-state index >= 15 is 0 Å². The standard InChI is InChI=1S/C16H21N5OS2/c1-5-10-8-12(22)21-15(19-10)24-14(20-21)17-7-6-11-9-23-13(18-11)16(2,3)4/h8-9H,5-7H2,1-4H3,(H,17,20). The fourth-order valence-corrected chi connectivity index (χ4v) is 3.96. The maximum absolute atomic E-state index is 12.0. The summed E-state index contributed by atoms with van der Waals surface area (Å²) in [6.45, 7) is 9.22. The summed E-state index contributed by atoms with van der Waals surface area (Å²) in [6, 6.07) is 1.54. The van der Waals surface area contributed by atoms with Crippen LogP contribution in [0.15, 0.2) is 16.2 Å². The van der Waals surface area contributed by atoms with Gasteiger partial charge in [-0.3, -0.25) is 4.79 Å². The topological polar surface area (TPSA) is 72.2 Å². The molecule has 3 aromatic rings. The molecule has 0 atom stereocenters. The summed E-state index contributed by atoms with van der Waals surface area (Å²) >= 11 is 3.10. The number of thiazole rings is 1. The highest BCUT2D eigenvalue weighted by molar-refractivity contribution is 7.20. The molecule has 0 aromatic carbocycles. The van der Waals surface area contributed by atoms with E-state index < -0.39 is 0 Å².